The third-order valence-electron chi connectivity index (χ3n) is 4.24. The van der Waals surface area contributed by atoms with Gasteiger partial charge in [-0.3, -0.25) is 4.79 Å². The standard InChI is InChI=1S/C16H18F3N3O4/c17-16(18,19)8-20-14(23)10-3-5-22(6-4-10)15(24)21-11-1-2-12-13(7-11)26-9-25-12/h1-2,7,10H,3-6,8-9H2,(H,20,23)(H,21,24). The minimum absolute atomic E-state index is 0.136. The van der Waals surface area contributed by atoms with Crippen molar-refractivity contribution in [2.75, 3.05) is 31.7 Å². The molecule has 26 heavy (non-hydrogen) atoms. The molecule has 0 unspecified atom stereocenters. The summed E-state index contributed by atoms with van der Waals surface area (Å²) in [5.74, 6) is 0.00150. The number of anilines is 1. The van der Waals surface area contributed by atoms with Crippen molar-refractivity contribution in [2.45, 2.75) is 19.0 Å². The fraction of sp³-hybridized carbons (Fsp3) is 0.500. The SMILES string of the molecule is O=C(NCC(F)(F)F)C1CCN(C(=O)Nc2ccc3c(c2)OCO3)CC1. The summed E-state index contributed by atoms with van der Waals surface area (Å²) < 4.78 is 46.9. The fourth-order valence-electron chi connectivity index (χ4n) is 2.85. The van der Waals surface area contributed by atoms with Gasteiger partial charge in [0.2, 0.25) is 12.7 Å². The Morgan fingerprint density at radius 1 is 1.15 bits per heavy atom. The fourth-order valence-corrected chi connectivity index (χ4v) is 2.85. The first kappa shape index (κ1) is 18.2. The summed E-state index contributed by atoms with van der Waals surface area (Å²) in [6.07, 6.45) is -3.79. The van der Waals surface area contributed by atoms with Crippen LogP contribution >= 0.6 is 0 Å². The Morgan fingerprint density at radius 2 is 1.85 bits per heavy atom. The van der Waals surface area contributed by atoms with Crippen LogP contribution in [0.2, 0.25) is 0 Å². The van der Waals surface area contributed by atoms with Gasteiger partial charge in [-0.15, -0.1) is 0 Å². The van der Waals surface area contributed by atoms with Gasteiger partial charge in [0.05, 0.1) is 0 Å². The van der Waals surface area contributed by atoms with E-state index in [0.29, 0.717) is 43.1 Å². The number of likely N-dealkylation sites (tertiary alicyclic amines) is 1. The van der Waals surface area contributed by atoms with E-state index >= 15 is 0 Å². The van der Waals surface area contributed by atoms with Crippen LogP contribution in [0.5, 0.6) is 11.5 Å². The number of carbonyl (C=O) groups excluding carboxylic acids is 2. The number of ether oxygens (including phenoxy) is 2. The van der Waals surface area contributed by atoms with E-state index in [1.807, 2.05) is 5.32 Å². The molecule has 2 N–H and O–H groups in total. The molecule has 0 radical (unpaired) electrons. The molecule has 3 amide bonds. The van der Waals surface area contributed by atoms with Crippen molar-refractivity contribution in [2.24, 2.45) is 5.92 Å². The Balaban J connectivity index is 1.47. The van der Waals surface area contributed by atoms with Crippen molar-refractivity contribution < 1.29 is 32.2 Å². The van der Waals surface area contributed by atoms with Gasteiger partial charge in [-0.25, -0.2) is 4.79 Å². The van der Waals surface area contributed by atoms with Crippen molar-refractivity contribution in [3.05, 3.63) is 18.2 Å². The van der Waals surface area contributed by atoms with Crippen LogP contribution in [0.4, 0.5) is 23.7 Å². The second-order valence-electron chi connectivity index (χ2n) is 6.09. The summed E-state index contributed by atoms with van der Waals surface area (Å²) in [6, 6.07) is 4.69. The number of hydrogen-bond donors (Lipinski definition) is 2. The van der Waals surface area contributed by atoms with Gasteiger partial charge >= 0.3 is 12.2 Å². The maximum Gasteiger partial charge on any atom is 0.405 e. The monoisotopic (exact) mass is 373 g/mol. The van der Waals surface area contributed by atoms with Gasteiger partial charge in [-0.2, -0.15) is 13.2 Å². The van der Waals surface area contributed by atoms with Crippen molar-refractivity contribution >= 4 is 17.6 Å². The minimum Gasteiger partial charge on any atom is -0.454 e. The lowest BCUT2D eigenvalue weighted by molar-refractivity contribution is -0.141. The molecule has 1 aromatic rings. The molecule has 0 atom stereocenters. The summed E-state index contributed by atoms with van der Waals surface area (Å²) in [5, 5.41) is 4.62. The molecule has 142 valence electrons. The number of carbonyl (C=O) groups is 2. The van der Waals surface area contributed by atoms with E-state index in [4.69, 9.17) is 9.47 Å². The highest BCUT2D eigenvalue weighted by molar-refractivity contribution is 5.90. The second kappa shape index (κ2) is 7.30. The Morgan fingerprint density at radius 3 is 2.54 bits per heavy atom. The number of nitrogens with zero attached hydrogens (tertiary/aromatic N) is 1. The summed E-state index contributed by atoms with van der Waals surface area (Å²) in [5.41, 5.74) is 0.546. The number of piperidine rings is 1. The molecule has 0 aromatic heterocycles. The predicted octanol–water partition coefficient (Wildman–Crippen LogP) is 2.34. The molecule has 1 fully saturated rings. The summed E-state index contributed by atoms with van der Waals surface area (Å²) in [4.78, 5) is 25.6. The van der Waals surface area contributed by atoms with Crippen LogP contribution in [0.25, 0.3) is 0 Å². The number of benzene rings is 1. The Kier molecular flexibility index (Phi) is 5.10. The lowest BCUT2D eigenvalue weighted by Gasteiger charge is -2.31. The lowest BCUT2D eigenvalue weighted by atomic mass is 9.96. The zero-order valence-electron chi connectivity index (χ0n) is 13.8. The van der Waals surface area contributed by atoms with E-state index in [0.717, 1.165) is 0 Å². The largest absolute Gasteiger partial charge is 0.454 e. The van der Waals surface area contributed by atoms with Gasteiger partial charge in [0.25, 0.3) is 0 Å². The number of hydrogen-bond acceptors (Lipinski definition) is 4. The first-order valence-electron chi connectivity index (χ1n) is 8.12. The molecule has 0 spiro atoms. The van der Waals surface area contributed by atoms with Crippen LogP contribution in [0.3, 0.4) is 0 Å². The molecule has 7 nitrogen and oxygen atoms in total. The molecular formula is C16H18F3N3O4. The first-order valence-corrected chi connectivity index (χ1v) is 8.12. The van der Waals surface area contributed by atoms with Gasteiger partial charge < -0.3 is 25.0 Å². The van der Waals surface area contributed by atoms with Crippen molar-refractivity contribution in [3.63, 3.8) is 0 Å². The lowest BCUT2D eigenvalue weighted by Crippen LogP contribution is -2.45. The molecule has 1 aromatic carbocycles. The van der Waals surface area contributed by atoms with Gasteiger partial charge in [0.15, 0.2) is 11.5 Å². The number of alkyl halides is 3. The molecule has 2 aliphatic heterocycles. The van der Waals surface area contributed by atoms with E-state index in [-0.39, 0.29) is 12.8 Å². The van der Waals surface area contributed by atoms with E-state index in [1.165, 1.54) is 4.90 Å². The highest BCUT2D eigenvalue weighted by atomic mass is 19.4. The maximum absolute atomic E-state index is 12.3. The number of rotatable bonds is 3. The maximum atomic E-state index is 12.3. The van der Waals surface area contributed by atoms with E-state index in [1.54, 1.807) is 18.2 Å². The average Bonchev–Trinajstić information content (AvgIpc) is 3.07. The van der Waals surface area contributed by atoms with Crippen LogP contribution < -0.4 is 20.1 Å². The highest BCUT2D eigenvalue weighted by Gasteiger charge is 2.31. The van der Waals surface area contributed by atoms with Crippen LogP contribution in [-0.2, 0) is 4.79 Å². The molecule has 0 bridgehead atoms. The average molecular weight is 373 g/mol. The van der Waals surface area contributed by atoms with E-state index in [2.05, 4.69) is 5.32 Å². The Bertz CT molecular complexity index is 688. The summed E-state index contributed by atoms with van der Waals surface area (Å²) in [7, 11) is 0. The zero-order valence-corrected chi connectivity index (χ0v) is 13.8. The molecule has 3 rings (SSSR count). The molecule has 0 saturated carbocycles. The smallest absolute Gasteiger partial charge is 0.405 e. The normalized spacial score (nSPS) is 17.1. The number of nitrogens with one attached hydrogen (secondary N) is 2. The van der Waals surface area contributed by atoms with Gasteiger partial charge in [0.1, 0.15) is 6.54 Å². The van der Waals surface area contributed by atoms with Crippen molar-refractivity contribution in [3.8, 4) is 11.5 Å². The number of fused-ring (bicyclic) bond motifs is 1. The first-order chi connectivity index (χ1) is 12.3. The second-order valence-corrected chi connectivity index (χ2v) is 6.09. The molecule has 1 saturated heterocycles. The van der Waals surface area contributed by atoms with Crippen molar-refractivity contribution in [1.82, 2.24) is 10.2 Å². The highest BCUT2D eigenvalue weighted by Crippen LogP contribution is 2.34. The number of urea groups is 1. The molecule has 2 aliphatic rings. The third kappa shape index (κ3) is 4.50. The van der Waals surface area contributed by atoms with Crippen LogP contribution in [0.15, 0.2) is 18.2 Å². The number of amides is 3. The van der Waals surface area contributed by atoms with Crippen LogP contribution in [0, 0.1) is 5.92 Å². The van der Waals surface area contributed by atoms with Gasteiger partial charge in [-0.1, -0.05) is 0 Å². The molecule has 10 heteroatoms. The van der Waals surface area contributed by atoms with E-state index in [9.17, 15) is 22.8 Å². The summed E-state index contributed by atoms with van der Waals surface area (Å²) >= 11 is 0. The number of halogens is 3. The summed E-state index contributed by atoms with van der Waals surface area (Å²) in [6.45, 7) is -0.617. The van der Waals surface area contributed by atoms with Gasteiger partial charge in [-0.05, 0) is 25.0 Å². The van der Waals surface area contributed by atoms with Gasteiger partial charge in [0, 0.05) is 30.8 Å². The molecular weight excluding hydrogens is 355 g/mol. The van der Waals surface area contributed by atoms with Crippen LogP contribution in [-0.4, -0.2) is 49.4 Å². The quantitative estimate of drug-likeness (QED) is 0.852. The van der Waals surface area contributed by atoms with Crippen molar-refractivity contribution in [1.29, 1.82) is 0 Å². The molecule has 2 heterocycles. The Labute approximate surface area is 147 Å². The minimum atomic E-state index is -4.43. The molecule has 0 aliphatic carbocycles. The zero-order chi connectivity index (χ0) is 18.7. The van der Waals surface area contributed by atoms with Crippen LogP contribution in [0.1, 0.15) is 12.8 Å². The topological polar surface area (TPSA) is 79.9 Å². The third-order valence-corrected chi connectivity index (χ3v) is 4.24. The Hall–Kier alpha value is -2.65. The van der Waals surface area contributed by atoms with E-state index < -0.39 is 24.5 Å². The predicted molar refractivity (Wildman–Crippen MR) is 84.9 cm³/mol.